The van der Waals surface area contributed by atoms with Crippen LogP contribution in [0.3, 0.4) is 0 Å². The average molecular weight is 1730 g/mol. The predicted octanol–water partition coefficient (Wildman–Crippen LogP) is 16.7. The first-order valence-electron chi connectivity index (χ1n) is 50.6. The molecule has 3 unspecified atom stereocenters. The SMILES string of the molecule is C[C@H](CCC(=O)O)[C@H]1CCC2[C@@H]3[C@H](O)C[C@@H]4C[C@@H](OCCCCCCNC(=O)C5(C)CC(C)(C(=O)NCCCCCCO[C@H]6CC[C@@]7(C)[C@@H](C6)C[C@@H](O)[C@H]6C8CC[C@H]([C@H](C)CCC(=O)O)[C@@]8(C)[C@@H](O)C[C@@H]67)CC(C)(C(=O)NCCCCCCO[C@H]6CC[C@@]7(C)[C@@H](C6)C[C@@H](O)[C@H]6C8CC[C@H]([C@H](C)CCC(=O)O)[C@@]8(C)[C@@H](O)C[C@@H]67)C5)CC[C@]4(C)[C@H]3C[C@H](O)[C@@]21C. The number of unbranched alkanes of at least 4 members (excludes halogenated alkanes) is 9. The number of carboxylic acid groups (broad SMARTS) is 3. The van der Waals surface area contributed by atoms with Crippen molar-refractivity contribution in [3.8, 4) is 0 Å². The van der Waals surface area contributed by atoms with E-state index in [1.807, 2.05) is 20.8 Å². The maximum Gasteiger partial charge on any atom is 0.303 e. The molecule has 13 saturated carbocycles. The van der Waals surface area contributed by atoms with Gasteiger partial charge in [0.05, 0.1) is 54.9 Å². The van der Waals surface area contributed by atoms with E-state index in [1.165, 1.54) is 0 Å². The first-order chi connectivity index (χ1) is 58.2. The normalized spacial score (nSPS) is 45.4. The van der Waals surface area contributed by atoms with Crippen LogP contribution in [0, 0.1) is 155 Å². The number of amides is 3. The Hall–Kier alpha value is -3.54. The summed E-state index contributed by atoms with van der Waals surface area (Å²) in [6.45, 7) is 29.8. The fourth-order valence-corrected chi connectivity index (χ4v) is 33.4. The van der Waals surface area contributed by atoms with Crippen LogP contribution < -0.4 is 16.0 Å². The van der Waals surface area contributed by atoms with Gasteiger partial charge < -0.3 is 76.1 Å². The smallest absolute Gasteiger partial charge is 0.303 e. The summed E-state index contributed by atoms with van der Waals surface area (Å²) in [5.74, 6) is 1.38. The van der Waals surface area contributed by atoms with Gasteiger partial charge in [-0.1, -0.05) is 122 Å². The molecule has 13 aliphatic carbocycles. The van der Waals surface area contributed by atoms with Crippen molar-refractivity contribution in [1.29, 1.82) is 0 Å². The zero-order chi connectivity index (χ0) is 88.7. The maximum atomic E-state index is 14.8. The first kappa shape index (κ1) is 97.0. The van der Waals surface area contributed by atoms with Gasteiger partial charge in [-0.15, -0.1) is 0 Å². The molecule has 0 aromatic rings. The molecule has 0 spiro atoms. The average Bonchev–Trinajstić information content (AvgIpc) is 1.67. The number of ether oxygens (including phenoxy) is 3. The Bertz CT molecular complexity index is 3220. The molecular weight excluding hydrogens is 1560 g/mol. The van der Waals surface area contributed by atoms with Crippen molar-refractivity contribution in [2.45, 2.75) is 408 Å². The molecule has 0 aromatic carbocycles. The van der Waals surface area contributed by atoms with E-state index in [-0.39, 0.29) is 177 Å². The lowest BCUT2D eigenvalue weighted by Crippen LogP contribution is -2.62. The monoisotopic (exact) mass is 1730 g/mol. The zero-order valence-corrected chi connectivity index (χ0v) is 78.2. The molecule has 0 radical (unpaired) electrons. The third-order valence-corrected chi connectivity index (χ3v) is 40.1. The van der Waals surface area contributed by atoms with E-state index in [2.05, 4.69) is 78.3 Å². The Kier molecular flexibility index (Phi) is 31.1. The highest BCUT2D eigenvalue weighted by atomic mass is 16.5. The van der Waals surface area contributed by atoms with Crippen LogP contribution in [-0.2, 0) is 43.0 Å². The highest BCUT2D eigenvalue weighted by Gasteiger charge is 2.70. The fourth-order valence-electron chi connectivity index (χ4n) is 33.4. The fraction of sp³-hybridized carbons (Fsp3) is 0.941. The topological polar surface area (TPSA) is 348 Å². The van der Waals surface area contributed by atoms with E-state index in [0.29, 0.717) is 115 Å². The van der Waals surface area contributed by atoms with Gasteiger partial charge in [0.1, 0.15) is 0 Å². The summed E-state index contributed by atoms with van der Waals surface area (Å²) in [5.41, 5.74) is -3.93. The van der Waals surface area contributed by atoms with Crippen molar-refractivity contribution in [3.63, 3.8) is 0 Å². The number of nitrogens with one attached hydrogen (secondary N) is 3. The minimum Gasteiger partial charge on any atom is -0.481 e. The van der Waals surface area contributed by atoms with Crippen LogP contribution in [0.25, 0.3) is 0 Å². The number of fused-ring (bicyclic) bond motifs is 15. The van der Waals surface area contributed by atoms with Crippen molar-refractivity contribution in [3.05, 3.63) is 0 Å². The van der Waals surface area contributed by atoms with Gasteiger partial charge >= 0.3 is 17.9 Å². The number of carbonyl (C=O) groups excluding carboxylic acids is 3. The Morgan fingerprint density at radius 2 is 0.577 bits per heavy atom. The van der Waals surface area contributed by atoms with Crippen LogP contribution in [0.15, 0.2) is 0 Å². The summed E-state index contributed by atoms with van der Waals surface area (Å²) < 4.78 is 19.9. The maximum absolute atomic E-state index is 14.8. The Morgan fingerprint density at radius 3 is 0.829 bits per heavy atom. The van der Waals surface area contributed by atoms with Crippen LogP contribution in [0.4, 0.5) is 0 Å². The van der Waals surface area contributed by atoms with Crippen molar-refractivity contribution in [2.24, 2.45) is 155 Å². The molecule has 0 bridgehead atoms. The number of aliphatic carboxylic acids is 3. The summed E-state index contributed by atoms with van der Waals surface area (Å²) in [6.07, 6.45) is 30.4. The minimum absolute atomic E-state index is 0.0166. The third-order valence-electron chi connectivity index (χ3n) is 40.1. The van der Waals surface area contributed by atoms with E-state index in [4.69, 9.17) is 14.2 Å². The van der Waals surface area contributed by atoms with Gasteiger partial charge in [0.15, 0.2) is 0 Å². The molecule has 0 heterocycles. The molecule has 702 valence electrons. The molecular formula is C102H171N3O18. The molecule has 3 amide bonds. The number of rotatable bonds is 39. The number of hydrogen-bond acceptors (Lipinski definition) is 15. The number of hydrogen-bond donors (Lipinski definition) is 12. The molecule has 123 heavy (non-hydrogen) atoms. The predicted molar refractivity (Wildman–Crippen MR) is 474 cm³/mol. The second-order valence-electron chi connectivity index (χ2n) is 47.0. The lowest BCUT2D eigenvalue weighted by Gasteiger charge is -2.63. The molecule has 13 rings (SSSR count). The number of carbonyl (C=O) groups is 6. The van der Waals surface area contributed by atoms with Crippen molar-refractivity contribution in [2.75, 3.05) is 39.5 Å². The molecule has 21 heteroatoms. The molecule has 0 aromatic heterocycles. The quantitative estimate of drug-likeness (QED) is 0.0254. The van der Waals surface area contributed by atoms with Gasteiger partial charge in [0.2, 0.25) is 17.7 Å². The molecule has 0 saturated heterocycles. The number of aliphatic hydroxyl groups excluding tert-OH is 6. The molecule has 13 fully saturated rings. The van der Waals surface area contributed by atoms with Crippen molar-refractivity contribution >= 4 is 35.6 Å². The Morgan fingerprint density at radius 1 is 0.325 bits per heavy atom. The summed E-state index contributed by atoms with van der Waals surface area (Å²) in [5, 5.41) is 111. The molecule has 12 N–H and O–H groups in total. The number of aliphatic hydroxyl groups is 6. The first-order valence-corrected chi connectivity index (χ1v) is 50.6. The zero-order valence-electron chi connectivity index (χ0n) is 78.2. The van der Waals surface area contributed by atoms with Gasteiger partial charge in [0.25, 0.3) is 0 Å². The van der Waals surface area contributed by atoms with Gasteiger partial charge in [-0.3, -0.25) is 28.8 Å². The van der Waals surface area contributed by atoms with E-state index >= 15 is 0 Å². The third kappa shape index (κ3) is 19.4. The van der Waals surface area contributed by atoms with Gasteiger partial charge in [0, 0.05) is 75.0 Å². The highest BCUT2D eigenvalue weighted by Crippen LogP contribution is 2.73. The van der Waals surface area contributed by atoms with Crippen LogP contribution in [0.1, 0.15) is 353 Å². The molecule has 0 aliphatic heterocycles. The van der Waals surface area contributed by atoms with E-state index in [9.17, 15) is 74.7 Å². The summed E-state index contributed by atoms with van der Waals surface area (Å²) in [4.78, 5) is 78.9. The van der Waals surface area contributed by atoms with Gasteiger partial charge in [-0.25, -0.2) is 0 Å². The van der Waals surface area contributed by atoms with Crippen LogP contribution in [0.2, 0.25) is 0 Å². The summed E-state index contributed by atoms with van der Waals surface area (Å²) in [7, 11) is 0. The summed E-state index contributed by atoms with van der Waals surface area (Å²) >= 11 is 0. The van der Waals surface area contributed by atoms with E-state index < -0.39 is 70.8 Å². The van der Waals surface area contributed by atoms with Gasteiger partial charge in [-0.2, -0.15) is 0 Å². The minimum atomic E-state index is -1.00. The largest absolute Gasteiger partial charge is 0.481 e. The number of carboxylic acids is 3. The lowest BCUT2D eigenvalue weighted by molar-refractivity contribution is -0.209. The van der Waals surface area contributed by atoms with Crippen molar-refractivity contribution < 1.29 is 88.9 Å². The van der Waals surface area contributed by atoms with Crippen LogP contribution >= 0.6 is 0 Å². The molecule has 33 atom stereocenters. The highest BCUT2D eigenvalue weighted by molar-refractivity contribution is 5.90. The van der Waals surface area contributed by atoms with E-state index in [0.717, 1.165) is 193 Å². The Labute approximate surface area is 739 Å². The van der Waals surface area contributed by atoms with Crippen LogP contribution in [-0.4, -0.2) is 176 Å². The van der Waals surface area contributed by atoms with Gasteiger partial charge in [-0.05, 0) is 351 Å². The molecule has 21 nitrogen and oxygen atoms in total. The van der Waals surface area contributed by atoms with E-state index in [1.54, 1.807) is 0 Å². The lowest BCUT2D eigenvalue weighted by atomic mass is 9.43. The second kappa shape index (κ2) is 39.5. The molecule has 13 aliphatic rings. The Balaban J connectivity index is 0.548. The summed E-state index contributed by atoms with van der Waals surface area (Å²) in [6, 6.07) is 0. The second-order valence-corrected chi connectivity index (χ2v) is 47.0. The van der Waals surface area contributed by atoms with Crippen molar-refractivity contribution in [1.82, 2.24) is 16.0 Å². The standard InChI is InChI=1S/C102H171N3O18/c1-61(25-34-85(112)113)70-28-31-73-88-76(55-82(109)100(70,73)10)97(7)40-37-67(49-64(97)52-79(88)106)121-46-22-16-13-19-43-103-91(118)94(4)58-95(5,92(119)104-44-20-14-17-23-47-122-68-38-41-98(8)65(50-68)53-80(107)89-74-32-29-71(62(2)26-35-86(114)115)101(74,11)83(110)56-77(89)98)60-96(6,59-94)93(120)105-45-21-15-18-24-48-123-69-39-42-99(9)66(51-69)54-81(108)90-75-33-30-72(63(3)27-36-87(116)117)102(75,12)84(111)57-78(90)99/h61-84,88-90,106-111H,13-60H2,1-12H3,(H,103,118)(H,104,119)(H,105,120)(H,112,113)(H,114,115)(H,116,117)/t61-,62-,63-,64+,65+,66+,67+,68+,69+,70-,71-,72-,73?,74?,75?,76+,77+,78+,79-,80-,81-,82+,83+,84+,88+,89+,90+,94?,95?,96?,97+,98+,99+,100-,101-,102-/m1/s1. The van der Waals surface area contributed by atoms with Crippen LogP contribution in [0.5, 0.6) is 0 Å².